The standard InChI is InChI=1S/C13H26N2O2/c1-10(2)13(14-11(3)16)8-15-7-5-6-12(15)9-17-4/h10,12-13H,5-9H2,1-4H3,(H,14,16)/t12?,13-/m0/s1. The molecule has 100 valence electrons. The summed E-state index contributed by atoms with van der Waals surface area (Å²) >= 11 is 0. The number of hydrogen-bond acceptors (Lipinski definition) is 3. The first-order valence-corrected chi connectivity index (χ1v) is 6.54. The first-order valence-electron chi connectivity index (χ1n) is 6.54. The number of carbonyl (C=O) groups excluding carboxylic acids is 1. The first kappa shape index (κ1) is 14.5. The normalized spacial score (nSPS) is 23.0. The predicted molar refractivity (Wildman–Crippen MR) is 68.9 cm³/mol. The largest absolute Gasteiger partial charge is 0.383 e. The molecule has 0 radical (unpaired) electrons. The lowest BCUT2D eigenvalue weighted by molar-refractivity contribution is -0.120. The van der Waals surface area contributed by atoms with Gasteiger partial charge in [-0.15, -0.1) is 0 Å². The van der Waals surface area contributed by atoms with Gasteiger partial charge in [0.15, 0.2) is 0 Å². The Morgan fingerprint density at radius 2 is 2.24 bits per heavy atom. The molecule has 2 atom stereocenters. The molecule has 1 aliphatic rings. The fourth-order valence-corrected chi connectivity index (χ4v) is 2.45. The number of carbonyl (C=O) groups is 1. The van der Waals surface area contributed by atoms with Crippen LogP contribution in [0.4, 0.5) is 0 Å². The quantitative estimate of drug-likeness (QED) is 0.762. The summed E-state index contributed by atoms with van der Waals surface area (Å²) in [4.78, 5) is 13.6. The van der Waals surface area contributed by atoms with Gasteiger partial charge in [-0.25, -0.2) is 0 Å². The smallest absolute Gasteiger partial charge is 0.217 e. The van der Waals surface area contributed by atoms with E-state index in [0.717, 1.165) is 19.7 Å². The van der Waals surface area contributed by atoms with Crippen molar-refractivity contribution in [3.05, 3.63) is 0 Å². The molecular formula is C13H26N2O2. The molecule has 0 spiro atoms. The van der Waals surface area contributed by atoms with Crippen molar-refractivity contribution in [2.75, 3.05) is 26.8 Å². The molecule has 4 heteroatoms. The Labute approximate surface area is 105 Å². The van der Waals surface area contributed by atoms with Crippen molar-refractivity contribution in [1.29, 1.82) is 0 Å². The molecule has 1 saturated heterocycles. The van der Waals surface area contributed by atoms with Crippen LogP contribution < -0.4 is 5.32 Å². The van der Waals surface area contributed by atoms with Gasteiger partial charge in [0.05, 0.1) is 6.61 Å². The molecule has 0 aromatic carbocycles. The summed E-state index contributed by atoms with van der Waals surface area (Å²) < 4.78 is 5.25. The van der Waals surface area contributed by atoms with E-state index >= 15 is 0 Å². The van der Waals surface area contributed by atoms with Crippen LogP contribution >= 0.6 is 0 Å². The minimum absolute atomic E-state index is 0.0613. The van der Waals surface area contributed by atoms with Gasteiger partial charge in [0.25, 0.3) is 0 Å². The van der Waals surface area contributed by atoms with Crippen LogP contribution in [-0.2, 0) is 9.53 Å². The molecule has 1 aliphatic heterocycles. The number of amides is 1. The van der Waals surface area contributed by atoms with Crippen LogP contribution in [0.2, 0.25) is 0 Å². The van der Waals surface area contributed by atoms with Crippen molar-refractivity contribution in [3.8, 4) is 0 Å². The summed E-state index contributed by atoms with van der Waals surface area (Å²) in [5.41, 5.74) is 0. The van der Waals surface area contributed by atoms with Gasteiger partial charge in [0.2, 0.25) is 5.91 Å². The van der Waals surface area contributed by atoms with Gasteiger partial charge >= 0.3 is 0 Å². The van der Waals surface area contributed by atoms with Gasteiger partial charge in [0, 0.05) is 32.7 Å². The Morgan fingerprint density at radius 3 is 2.76 bits per heavy atom. The molecule has 4 nitrogen and oxygen atoms in total. The lowest BCUT2D eigenvalue weighted by Crippen LogP contribution is -2.48. The minimum atomic E-state index is 0.0613. The van der Waals surface area contributed by atoms with E-state index in [0.29, 0.717) is 12.0 Å². The van der Waals surface area contributed by atoms with E-state index in [9.17, 15) is 4.79 Å². The Hall–Kier alpha value is -0.610. The van der Waals surface area contributed by atoms with Crippen LogP contribution in [0.1, 0.15) is 33.6 Å². The van der Waals surface area contributed by atoms with Gasteiger partial charge < -0.3 is 10.1 Å². The zero-order valence-electron chi connectivity index (χ0n) is 11.5. The predicted octanol–water partition coefficient (Wildman–Crippen LogP) is 1.26. The van der Waals surface area contributed by atoms with Crippen LogP contribution in [0.5, 0.6) is 0 Å². The highest BCUT2D eigenvalue weighted by molar-refractivity contribution is 5.73. The molecule has 1 fully saturated rings. The summed E-state index contributed by atoms with van der Waals surface area (Å²) in [6.45, 7) is 8.75. The zero-order chi connectivity index (χ0) is 12.8. The maximum Gasteiger partial charge on any atom is 0.217 e. The topological polar surface area (TPSA) is 41.6 Å². The molecule has 0 aromatic rings. The zero-order valence-corrected chi connectivity index (χ0v) is 11.5. The highest BCUT2D eigenvalue weighted by Gasteiger charge is 2.27. The number of rotatable bonds is 6. The third-order valence-electron chi connectivity index (χ3n) is 3.48. The number of nitrogens with zero attached hydrogens (tertiary/aromatic N) is 1. The fraction of sp³-hybridized carbons (Fsp3) is 0.923. The molecule has 0 bridgehead atoms. The highest BCUT2D eigenvalue weighted by atomic mass is 16.5. The molecular weight excluding hydrogens is 216 g/mol. The summed E-state index contributed by atoms with van der Waals surface area (Å²) in [6.07, 6.45) is 2.44. The number of methoxy groups -OCH3 is 1. The van der Waals surface area contributed by atoms with Crippen molar-refractivity contribution >= 4 is 5.91 Å². The van der Waals surface area contributed by atoms with Gasteiger partial charge in [-0.2, -0.15) is 0 Å². The van der Waals surface area contributed by atoms with Crippen LogP contribution in [0, 0.1) is 5.92 Å². The third kappa shape index (κ3) is 4.64. The number of ether oxygens (including phenoxy) is 1. The fourth-order valence-electron chi connectivity index (χ4n) is 2.45. The maximum absolute atomic E-state index is 11.2. The van der Waals surface area contributed by atoms with Crippen molar-refractivity contribution in [3.63, 3.8) is 0 Å². The second-order valence-corrected chi connectivity index (χ2v) is 5.30. The third-order valence-corrected chi connectivity index (χ3v) is 3.48. The summed E-state index contributed by atoms with van der Waals surface area (Å²) in [6, 6.07) is 0.764. The van der Waals surface area contributed by atoms with E-state index in [2.05, 4.69) is 24.1 Å². The molecule has 0 saturated carbocycles. The van der Waals surface area contributed by atoms with Gasteiger partial charge in [-0.3, -0.25) is 9.69 Å². The second kappa shape index (κ2) is 6.97. The lowest BCUT2D eigenvalue weighted by atomic mass is 10.0. The Kier molecular flexibility index (Phi) is 5.92. The van der Waals surface area contributed by atoms with Gasteiger partial charge in [-0.1, -0.05) is 13.8 Å². The summed E-state index contributed by atoms with van der Waals surface area (Å²) in [5.74, 6) is 0.522. The lowest BCUT2D eigenvalue weighted by Gasteiger charge is -2.30. The van der Waals surface area contributed by atoms with E-state index in [1.807, 2.05) is 0 Å². The van der Waals surface area contributed by atoms with Crippen LogP contribution in [0.3, 0.4) is 0 Å². The average Bonchev–Trinajstić information content (AvgIpc) is 2.64. The minimum Gasteiger partial charge on any atom is -0.383 e. The van der Waals surface area contributed by atoms with Crippen molar-refractivity contribution < 1.29 is 9.53 Å². The van der Waals surface area contributed by atoms with E-state index < -0.39 is 0 Å². The van der Waals surface area contributed by atoms with Crippen molar-refractivity contribution in [1.82, 2.24) is 10.2 Å². The van der Waals surface area contributed by atoms with Crippen LogP contribution in [0.15, 0.2) is 0 Å². The van der Waals surface area contributed by atoms with E-state index in [4.69, 9.17) is 4.74 Å². The average molecular weight is 242 g/mol. The molecule has 1 N–H and O–H groups in total. The van der Waals surface area contributed by atoms with E-state index in [1.54, 1.807) is 14.0 Å². The monoisotopic (exact) mass is 242 g/mol. The second-order valence-electron chi connectivity index (χ2n) is 5.30. The number of nitrogens with one attached hydrogen (secondary N) is 1. The SMILES string of the molecule is COCC1CCCN1C[C@H](NC(C)=O)C(C)C. The summed E-state index contributed by atoms with van der Waals surface area (Å²) in [7, 11) is 1.75. The number of likely N-dealkylation sites (tertiary alicyclic amines) is 1. The van der Waals surface area contributed by atoms with Crippen LogP contribution in [-0.4, -0.2) is 49.7 Å². The van der Waals surface area contributed by atoms with Crippen molar-refractivity contribution in [2.45, 2.75) is 45.7 Å². The van der Waals surface area contributed by atoms with Gasteiger partial charge in [-0.05, 0) is 25.3 Å². The first-order chi connectivity index (χ1) is 8.04. The molecule has 0 aliphatic carbocycles. The Balaban J connectivity index is 2.50. The highest BCUT2D eigenvalue weighted by Crippen LogP contribution is 2.19. The van der Waals surface area contributed by atoms with Crippen LogP contribution in [0.25, 0.3) is 0 Å². The molecule has 1 unspecified atom stereocenters. The molecule has 1 amide bonds. The Morgan fingerprint density at radius 1 is 1.53 bits per heavy atom. The maximum atomic E-state index is 11.2. The molecule has 1 heterocycles. The van der Waals surface area contributed by atoms with E-state index in [1.165, 1.54) is 12.8 Å². The summed E-state index contributed by atoms with van der Waals surface area (Å²) in [5, 5.41) is 3.05. The van der Waals surface area contributed by atoms with Crippen molar-refractivity contribution in [2.24, 2.45) is 5.92 Å². The van der Waals surface area contributed by atoms with Gasteiger partial charge in [0.1, 0.15) is 0 Å². The number of hydrogen-bond donors (Lipinski definition) is 1. The Bertz CT molecular complexity index is 244. The molecule has 1 rings (SSSR count). The molecule has 0 aromatic heterocycles. The molecule has 17 heavy (non-hydrogen) atoms. The van der Waals surface area contributed by atoms with E-state index in [-0.39, 0.29) is 11.9 Å².